The van der Waals surface area contributed by atoms with Crippen molar-refractivity contribution in [1.29, 1.82) is 0 Å². The Balaban J connectivity index is 3.02. The van der Waals surface area contributed by atoms with Crippen LogP contribution in [0, 0.1) is 23.3 Å². The van der Waals surface area contributed by atoms with Gasteiger partial charge in [0, 0.05) is 0 Å². The summed E-state index contributed by atoms with van der Waals surface area (Å²) in [5, 5.41) is 8.89. The second-order valence-electron chi connectivity index (χ2n) is 2.24. The molecule has 7 heteroatoms. The van der Waals surface area contributed by atoms with Crippen molar-refractivity contribution in [2.45, 2.75) is 0 Å². The zero-order valence-corrected chi connectivity index (χ0v) is 5.85. The monoisotopic (exact) mass is 190 g/mol. The molecular formula is C6F4N3-. The predicted molar refractivity (Wildman–Crippen MR) is 32.7 cm³/mol. The largest absolute Gasteiger partial charge is 0.492 e. The first-order chi connectivity index (χ1) is 6.13. The van der Waals surface area contributed by atoms with E-state index in [4.69, 9.17) is 0 Å². The Morgan fingerprint density at radius 1 is 0.692 bits per heavy atom. The van der Waals surface area contributed by atoms with E-state index in [1.54, 1.807) is 0 Å². The average molecular weight is 190 g/mol. The maximum absolute atomic E-state index is 12.7. The number of hydrogen-bond donors (Lipinski definition) is 0. The molecule has 68 valence electrons. The van der Waals surface area contributed by atoms with E-state index in [1.165, 1.54) is 0 Å². The van der Waals surface area contributed by atoms with Gasteiger partial charge in [-0.2, -0.15) is 0 Å². The van der Waals surface area contributed by atoms with E-state index >= 15 is 0 Å². The molecule has 2 rings (SSSR count). The molecule has 0 aliphatic heterocycles. The second kappa shape index (κ2) is 2.41. The molecule has 0 amide bonds. The summed E-state index contributed by atoms with van der Waals surface area (Å²) in [6, 6.07) is 0. The molecule has 0 bridgehead atoms. The van der Waals surface area contributed by atoms with Gasteiger partial charge in [-0.1, -0.05) is 0 Å². The summed E-state index contributed by atoms with van der Waals surface area (Å²) in [6.07, 6.45) is 0. The number of halogens is 4. The lowest BCUT2D eigenvalue weighted by Gasteiger charge is -1.98. The topological polar surface area (TPSA) is 39.9 Å². The lowest BCUT2D eigenvalue weighted by atomic mass is 10.2. The van der Waals surface area contributed by atoms with Crippen LogP contribution in [-0.4, -0.2) is 10.2 Å². The molecule has 0 radical (unpaired) electrons. The van der Waals surface area contributed by atoms with Crippen LogP contribution in [-0.2, 0) is 0 Å². The molecule has 13 heavy (non-hydrogen) atoms. The zero-order chi connectivity index (χ0) is 9.59. The lowest BCUT2D eigenvalue weighted by molar-refractivity contribution is 0.417. The van der Waals surface area contributed by atoms with E-state index in [1.807, 2.05) is 0 Å². The van der Waals surface area contributed by atoms with Gasteiger partial charge in [-0.05, 0) is 0 Å². The number of aromatic nitrogens is 3. The van der Waals surface area contributed by atoms with Gasteiger partial charge in [0.2, 0.25) is 0 Å². The quantitative estimate of drug-likeness (QED) is 0.355. The third kappa shape index (κ3) is 0.895. The van der Waals surface area contributed by atoms with Crippen LogP contribution in [0.4, 0.5) is 17.6 Å². The highest BCUT2D eigenvalue weighted by Crippen LogP contribution is 2.22. The Labute approximate surface area is 68.4 Å². The molecule has 1 heterocycles. The van der Waals surface area contributed by atoms with Gasteiger partial charge in [-0.3, -0.25) is 0 Å². The Morgan fingerprint density at radius 3 is 1.46 bits per heavy atom. The summed E-state index contributed by atoms with van der Waals surface area (Å²) in [7, 11) is 0. The molecule has 0 N–H and O–H groups in total. The minimum Gasteiger partial charge on any atom is -0.492 e. The molecule has 2 aromatic rings. The number of rotatable bonds is 0. The SMILES string of the molecule is Fc1c(F)c(F)c2n[n-]nc2c1F. The molecule has 3 nitrogen and oxygen atoms in total. The van der Waals surface area contributed by atoms with E-state index in [0.29, 0.717) is 0 Å². The van der Waals surface area contributed by atoms with Crippen LogP contribution in [0.3, 0.4) is 0 Å². The van der Waals surface area contributed by atoms with Crippen LogP contribution >= 0.6 is 0 Å². The highest BCUT2D eigenvalue weighted by Gasteiger charge is 2.20. The summed E-state index contributed by atoms with van der Waals surface area (Å²) in [5.41, 5.74) is -1.42. The van der Waals surface area contributed by atoms with E-state index in [-0.39, 0.29) is 0 Å². The maximum atomic E-state index is 12.7. The van der Waals surface area contributed by atoms with Gasteiger partial charge in [-0.25, -0.2) is 17.6 Å². The first-order valence-corrected chi connectivity index (χ1v) is 3.10. The highest BCUT2D eigenvalue weighted by molar-refractivity contribution is 5.75. The van der Waals surface area contributed by atoms with Gasteiger partial charge in [-0.15, -0.1) is 0 Å². The van der Waals surface area contributed by atoms with Gasteiger partial charge in [0.05, 0.1) is 0 Å². The Kier molecular flexibility index (Phi) is 1.48. The van der Waals surface area contributed by atoms with Crippen LogP contribution in [0.5, 0.6) is 0 Å². The van der Waals surface area contributed by atoms with Crippen LogP contribution in [0.1, 0.15) is 0 Å². The predicted octanol–water partition coefficient (Wildman–Crippen LogP) is 1.14. The fourth-order valence-corrected chi connectivity index (χ4v) is 0.903. The molecule has 1 aromatic carbocycles. The van der Waals surface area contributed by atoms with Crippen molar-refractivity contribution in [2.24, 2.45) is 0 Å². The fourth-order valence-electron chi connectivity index (χ4n) is 0.903. The summed E-state index contributed by atoms with van der Waals surface area (Å²) in [5.74, 6) is -6.99. The highest BCUT2D eigenvalue weighted by atomic mass is 19.2. The van der Waals surface area contributed by atoms with Crippen LogP contribution < -0.4 is 5.21 Å². The molecule has 0 unspecified atom stereocenters. The van der Waals surface area contributed by atoms with E-state index in [0.717, 1.165) is 0 Å². The van der Waals surface area contributed by atoms with Crippen LogP contribution in [0.25, 0.3) is 11.0 Å². The van der Waals surface area contributed by atoms with Crippen molar-refractivity contribution in [3.05, 3.63) is 23.3 Å². The third-order valence-corrected chi connectivity index (χ3v) is 1.51. The van der Waals surface area contributed by atoms with Crippen molar-refractivity contribution < 1.29 is 17.6 Å². The Morgan fingerprint density at radius 2 is 1.08 bits per heavy atom. The molecule has 0 aliphatic rings. The molecule has 0 atom stereocenters. The van der Waals surface area contributed by atoms with Crippen LogP contribution in [0.2, 0.25) is 0 Å². The van der Waals surface area contributed by atoms with Crippen molar-refractivity contribution in [3.63, 3.8) is 0 Å². The van der Waals surface area contributed by atoms with E-state index in [9.17, 15) is 17.6 Å². The van der Waals surface area contributed by atoms with Gasteiger partial charge in [0.1, 0.15) is 11.0 Å². The fraction of sp³-hybridized carbons (Fsp3) is 0. The molecule has 0 aliphatic carbocycles. The number of nitrogens with zero attached hydrogens (tertiary/aromatic N) is 3. The third-order valence-electron chi connectivity index (χ3n) is 1.51. The average Bonchev–Trinajstić information content (AvgIpc) is 2.59. The Bertz CT molecular complexity index is 436. The molecular weight excluding hydrogens is 190 g/mol. The molecule has 0 spiro atoms. The lowest BCUT2D eigenvalue weighted by Crippen LogP contribution is -1.97. The minimum absolute atomic E-state index is 0.712. The molecule has 1 aromatic heterocycles. The van der Waals surface area contributed by atoms with Crippen molar-refractivity contribution in [3.8, 4) is 0 Å². The summed E-state index contributed by atoms with van der Waals surface area (Å²) < 4.78 is 50.5. The summed E-state index contributed by atoms with van der Waals surface area (Å²) >= 11 is 0. The minimum atomic E-state index is -1.91. The van der Waals surface area contributed by atoms with Gasteiger partial charge in [0.15, 0.2) is 23.3 Å². The number of benzene rings is 1. The smallest absolute Gasteiger partial charge is 0.199 e. The molecule has 0 fully saturated rings. The van der Waals surface area contributed by atoms with Gasteiger partial charge in [0.25, 0.3) is 0 Å². The number of fused-ring (bicyclic) bond motifs is 1. The van der Waals surface area contributed by atoms with Crippen molar-refractivity contribution in [2.75, 3.05) is 0 Å². The zero-order valence-electron chi connectivity index (χ0n) is 5.85. The van der Waals surface area contributed by atoms with E-state index in [2.05, 4.69) is 15.4 Å². The van der Waals surface area contributed by atoms with Gasteiger partial charge < -0.3 is 15.4 Å². The second-order valence-corrected chi connectivity index (χ2v) is 2.24. The summed E-state index contributed by atoms with van der Waals surface area (Å²) in [4.78, 5) is 0. The Hall–Kier alpha value is -1.66. The van der Waals surface area contributed by atoms with Crippen molar-refractivity contribution >= 4 is 11.0 Å². The van der Waals surface area contributed by atoms with Crippen LogP contribution in [0.15, 0.2) is 0 Å². The standard InChI is InChI=1S/C6F4N3/c7-1-2(8)4(10)6-5(3(1)9)11-13-12-6/q-1. The first kappa shape index (κ1) is 7.96. The molecule has 0 saturated heterocycles. The summed E-state index contributed by atoms with van der Waals surface area (Å²) in [6.45, 7) is 0. The normalized spacial score (nSPS) is 11.1. The van der Waals surface area contributed by atoms with Crippen molar-refractivity contribution in [1.82, 2.24) is 15.4 Å². The molecule has 0 saturated carbocycles. The van der Waals surface area contributed by atoms with E-state index < -0.39 is 34.3 Å². The number of hydrogen-bond acceptors (Lipinski definition) is 2. The maximum Gasteiger partial charge on any atom is 0.199 e. The first-order valence-electron chi connectivity index (χ1n) is 3.10. The van der Waals surface area contributed by atoms with Gasteiger partial charge >= 0.3 is 0 Å².